The summed E-state index contributed by atoms with van der Waals surface area (Å²) in [6.07, 6.45) is 3.13. The Kier molecular flexibility index (Phi) is 3.31. The molecule has 0 amide bonds. The second kappa shape index (κ2) is 4.89. The van der Waals surface area contributed by atoms with Gasteiger partial charge in [0.1, 0.15) is 12.4 Å². The summed E-state index contributed by atoms with van der Waals surface area (Å²) in [7, 11) is 0. The van der Waals surface area contributed by atoms with Gasteiger partial charge < -0.3 is 4.74 Å². The topological polar surface area (TPSA) is 67.9 Å². The number of ether oxygens (including phenoxy) is 1. The monoisotopic (exact) mass is 281 g/mol. The van der Waals surface area contributed by atoms with Crippen molar-refractivity contribution in [1.29, 1.82) is 0 Å². The van der Waals surface area contributed by atoms with Crippen LogP contribution in [0.3, 0.4) is 0 Å². The van der Waals surface area contributed by atoms with Crippen molar-refractivity contribution in [3.8, 4) is 5.75 Å². The maximum atomic E-state index is 10.9. The number of rotatable bonds is 3. The first-order chi connectivity index (χ1) is 7.74. The molecule has 82 valence electrons. The van der Waals surface area contributed by atoms with Crippen LogP contribution in [0.4, 0.5) is 0 Å². The molecule has 6 heteroatoms. The van der Waals surface area contributed by atoms with E-state index in [1.807, 2.05) is 12.1 Å². The molecule has 2 rings (SSSR count). The van der Waals surface area contributed by atoms with Crippen LogP contribution in [0.5, 0.6) is 5.75 Å². The molecule has 5 nitrogen and oxygen atoms in total. The predicted molar refractivity (Wildman–Crippen MR) is 61.1 cm³/mol. The molecule has 0 unspecified atom stereocenters. The van der Waals surface area contributed by atoms with Crippen LogP contribution in [0.15, 0.2) is 39.9 Å². The Hall–Kier alpha value is -1.69. The van der Waals surface area contributed by atoms with E-state index in [2.05, 4.69) is 31.1 Å². The largest absolute Gasteiger partial charge is 0.485 e. The van der Waals surface area contributed by atoms with E-state index in [9.17, 15) is 4.79 Å². The summed E-state index contributed by atoms with van der Waals surface area (Å²) in [6, 6.07) is 5.05. The van der Waals surface area contributed by atoms with E-state index in [4.69, 9.17) is 4.74 Å². The number of aromatic nitrogens is 3. The van der Waals surface area contributed by atoms with Gasteiger partial charge in [0.25, 0.3) is 5.56 Å². The van der Waals surface area contributed by atoms with E-state index in [0.717, 1.165) is 10.2 Å². The van der Waals surface area contributed by atoms with Gasteiger partial charge in [0.05, 0.1) is 11.9 Å². The first-order valence-electron chi connectivity index (χ1n) is 4.52. The molecule has 1 N–H and O–H groups in total. The number of pyridine rings is 1. The van der Waals surface area contributed by atoms with Crippen molar-refractivity contribution in [2.24, 2.45) is 0 Å². The van der Waals surface area contributed by atoms with Crippen LogP contribution >= 0.6 is 15.9 Å². The molecule has 0 radical (unpaired) electrons. The third-order valence-corrected chi connectivity index (χ3v) is 2.28. The smallest absolute Gasteiger partial charge is 0.267 e. The first-order valence-corrected chi connectivity index (χ1v) is 5.31. The maximum absolute atomic E-state index is 10.9. The molecule has 0 aliphatic rings. The van der Waals surface area contributed by atoms with Crippen LogP contribution in [0, 0.1) is 0 Å². The highest BCUT2D eigenvalue weighted by Crippen LogP contribution is 2.10. The lowest BCUT2D eigenvalue weighted by atomic mass is 10.4. The molecule has 2 aromatic rings. The SMILES string of the molecule is O=c1cc(OCc2ccc(Br)cn2)cn[nH]1. The van der Waals surface area contributed by atoms with E-state index >= 15 is 0 Å². The molecule has 2 aromatic heterocycles. The average molecular weight is 282 g/mol. The van der Waals surface area contributed by atoms with Gasteiger partial charge in [-0.2, -0.15) is 5.10 Å². The van der Waals surface area contributed by atoms with Crippen LogP contribution in [-0.4, -0.2) is 15.2 Å². The molecule has 0 saturated carbocycles. The second-order valence-corrected chi connectivity index (χ2v) is 3.95. The van der Waals surface area contributed by atoms with E-state index in [0.29, 0.717) is 12.4 Å². The van der Waals surface area contributed by atoms with Crippen molar-refractivity contribution in [1.82, 2.24) is 15.2 Å². The number of aromatic amines is 1. The quantitative estimate of drug-likeness (QED) is 0.926. The zero-order chi connectivity index (χ0) is 11.4. The fourth-order valence-corrected chi connectivity index (χ4v) is 1.32. The molecule has 0 fully saturated rings. The Labute approximate surface area is 99.6 Å². The van der Waals surface area contributed by atoms with Crippen molar-refractivity contribution in [2.75, 3.05) is 0 Å². The highest BCUT2D eigenvalue weighted by molar-refractivity contribution is 9.10. The highest BCUT2D eigenvalue weighted by Gasteiger charge is 1.98. The van der Waals surface area contributed by atoms with E-state index < -0.39 is 0 Å². The number of halogens is 1. The van der Waals surface area contributed by atoms with Gasteiger partial charge in [-0.25, -0.2) is 5.10 Å². The third kappa shape index (κ3) is 2.90. The van der Waals surface area contributed by atoms with Crippen molar-refractivity contribution < 1.29 is 4.74 Å². The number of nitrogens with zero attached hydrogens (tertiary/aromatic N) is 2. The van der Waals surface area contributed by atoms with Gasteiger partial charge in [0.2, 0.25) is 0 Å². The Balaban J connectivity index is 2.02. The second-order valence-electron chi connectivity index (χ2n) is 3.04. The lowest BCUT2D eigenvalue weighted by Gasteiger charge is -2.04. The molecule has 0 aromatic carbocycles. The number of H-pyrrole nitrogens is 1. The lowest BCUT2D eigenvalue weighted by Crippen LogP contribution is -2.07. The van der Waals surface area contributed by atoms with Crippen molar-refractivity contribution >= 4 is 15.9 Å². The molecular weight excluding hydrogens is 274 g/mol. The third-order valence-electron chi connectivity index (χ3n) is 1.82. The van der Waals surface area contributed by atoms with Crippen LogP contribution < -0.4 is 10.3 Å². The van der Waals surface area contributed by atoms with Crippen molar-refractivity contribution in [2.45, 2.75) is 6.61 Å². The molecule has 0 aliphatic carbocycles. The summed E-state index contributed by atoms with van der Waals surface area (Å²) in [5, 5.41) is 5.89. The molecule has 16 heavy (non-hydrogen) atoms. The highest BCUT2D eigenvalue weighted by atomic mass is 79.9. The summed E-state index contributed by atoms with van der Waals surface area (Å²) < 4.78 is 6.26. The summed E-state index contributed by atoms with van der Waals surface area (Å²) in [5.41, 5.74) is 0.491. The number of hydrogen-bond donors (Lipinski definition) is 1. The van der Waals surface area contributed by atoms with Crippen molar-refractivity contribution in [3.05, 3.63) is 51.1 Å². The van der Waals surface area contributed by atoms with E-state index in [1.165, 1.54) is 12.3 Å². The Morgan fingerprint density at radius 3 is 2.94 bits per heavy atom. The molecule has 0 saturated heterocycles. The Bertz CT molecular complexity index is 524. The van der Waals surface area contributed by atoms with Gasteiger partial charge in [-0.1, -0.05) is 0 Å². The minimum atomic E-state index is -0.290. The van der Waals surface area contributed by atoms with Gasteiger partial charge in [-0.3, -0.25) is 9.78 Å². The number of nitrogens with one attached hydrogen (secondary N) is 1. The number of hydrogen-bond acceptors (Lipinski definition) is 4. The molecule has 2 heterocycles. The maximum Gasteiger partial charge on any atom is 0.267 e. The Morgan fingerprint density at radius 1 is 1.38 bits per heavy atom. The summed E-state index contributed by atoms with van der Waals surface area (Å²) >= 11 is 3.29. The average Bonchev–Trinajstić information content (AvgIpc) is 2.28. The Morgan fingerprint density at radius 2 is 2.25 bits per heavy atom. The van der Waals surface area contributed by atoms with Gasteiger partial charge in [0.15, 0.2) is 0 Å². The van der Waals surface area contributed by atoms with Gasteiger partial charge in [0, 0.05) is 16.7 Å². The van der Waals surface area contributed by atoms with Crippen LogP contribution in [-0.2, 0) is 6.61 Å². The summed E-state index contributed by atoms with van der Waals surface area (Å²) in [6.45, 7) is 0.304. The van der Waals surface area contributed by atoms with E-state index in [1.54, 1.807) is 6.20 Å². The van der Waals surface area contributed by atoms with Crippen LogP contribution in [0.2, 0.25) is 0 Å². The summed E-state index contributed by atoms with van der Waals surface area (Å²) in [5.74, 6) is 0.425. The minimum Gasteiger partial charge on any atom is -0.485 e. The van der Waals surface area contributed by atoms with E-state index in [-0.39, 0.29) is 5.56 Å². The van der Waals surface area contributed by atoms with Gasteiger partial charge >= 0.3 is 0 Å². The van der Waals surface area contributed by atoms with Crippen LogP contribution in [0.25, 0.3) is 0 Å². The zero-order valence-corrected chi connectivity index (χ0v) is 9.77. The fraction of sp³-hybridized carbons (Fsp3) is 0.100. The standard InChI is InChI=1S/C10H8BrN3O2/c11-7-1-2-8(12-4-7)6-16-9-3-10(15)14-13-5-9/h1-5H,6H2,(H,14,15). The first kappa shape index (κ1) is 10.8. The summed E-state index contributed by atoms with van der Waals surface area (Å²) in [4.78, 5) is 15.1. The van der Waals surface area contributed by atoms with Gasteiger partial charge in [-0.15, -0.1) is 0 Å². The van der Waals surface area contributed by atoms with Crippen molar-refractivity contribution in [3.63, 3.8) is 0 Å². The predicted octanol–water partition coefficient (Wildman–Crippen LogP) is 1.51. The molecule has 0 bridgehead atoms. The zero-order valence-electron chi connectivity index (χ0n) is 8.18. The fourth-order valence-electron chi connectivity index (χ4n) is 1.09. The molecular formula is C10H8BrN3O2. The molecule has 0 aliphatic heterocycles. The van der Waals surface area contributed by atoms with Crippen LogP contribution in [0.1, 0.15) is 5.69 Å². The minimum absolute atomic E-state index is 0.290. The van der Waals surface area contributed by atoms with Gasteiger partial charge in [-0.05, 0) is 28.1 Å². The normalized spacial score (nSPS) is 10.1. The molecule has 0 spiro atoms. The lowest BCUT2D eigenvalue weighted by molar-refractivity contribution is 0.299. The molecule has 0 atom stereocenters.